The zero-order valence-corrected chi connectivity index (χ0v) is 14.8. The van der Waals surface area contributed by atoms with Gasteiger partial charge in [0.25, 0.3) is 5.56 Å². The molecule has 0 N–H and O–H groups in total. The van der Waals surface area contributed by atoms with E-state index in [1.165, 1.54) is 28.0 Å². The second-order valence-corrected chi connectivity index (χ2v) is 7.03. The van der Waals surface area contributed by atoms with Crippen LogP contribution in [0.15, 0.2) is 69.6 Å². The molecule has 0 fully saturated rings. The molecule has 0 aliphatic rings. The summed E-state index contributed by atoms with van der Waals surface area (Å²) >= 11 is 1.31. The van der Waals surface area contributed by atoms with E-state index in [4.69, 9.17) is 0 Å². The van der Waals surface area contributed by atoms with Crippen LogP contribution in [-0.4, -0.2) is 9.13 Å². The van der Waals surface area contributed by atoms with Crippen LogP contribution in [0.5, 0.6) is 0 Å². The van der Waals surface area contributed by atoms with Crippen molar-refractivity contribution < 1.29 is 4.39 Å². The first kappa shape index (κ1) is 16.5. The lowest BCUT2D eigenvalue weighted by atomic mass is 10.2. The molecule has 0 amide bonds. The van der Waals surface area contributed by atoms with Gasteiger partial charge >= 0.3 is 5.69 Å². The third-order valence-corrected chi connectivity index (χ3v) is 5.16. The number of thiophene rings is 1. The summed E-state index contributed by atoms with van der Waals surface area (Å²) in [4.78, 5) is 26.0. The van der Waals surface area contributed by atoms with Crippen LogP contribution < -0.4 is 11.2 Å². The van der Waals surface area contributed by atoms with E-state index in [-0.39, 0.29) is 17.9 Å². The maximum Gasteiger partial charge on any atom is 0.336 e. The standard InChI is InChI=1S/C20H15FN2O2S/c1-13-3-2-4-16(11-13)23-19(24)18-17(9-10-26-18)22(20(23)25)12-14-5-7-15(21)8-6-14/h2-11H,12H2,1H3. The number of fused-ring (bicyclic) bond motifs is 1. The lowest BCUT2D eigenvalue weighted by Gasteiger charge is -2.13. The molecule has 4 aromatic rings. The predicted molar refractivity (Wildman–Crippen MR) is 102 cm³/mol. The highest BCUT2D eigenvalue weighted by atomic mass is 32.1. The van der Waals surface area contributed by atoms with Gasteiger partial charge in [-0.1, -0.05) is 24.3 Å². The van der Waals surface area contributed by atoms with Gasteiger partial charge in [-0.05, 0) is 53.8 Å². The lowest BCUT2D eigenvalue weighted by Crippen LogP contribution is -2.38. The Kier molecular flexibility index (Phi) is 4.05. The van der Waals surface area contributed by atoms with E-state index in [1.807, 2.05) is 25.1 Å². The highest BCUT2D eigenvalue weighted by molar-refractivity contribution is 7.17. The van der Waals surface area contributed by atoms with Crippen molar-refractivity contribution in [2.45, 2.75) is 13.5 Å². The van der Waals surface area contributed by atoms with Crippen molar-refractivity contribution >= 4 is 21.6 Å². The largest absolute Gasteiger partial charge is 0.336 e. The number of aromatic nitrogens is 2. The second-order valence-electron chi connectivity index (χ2n) is 6.11. The van der Waals surface area contributed by atoms with Gasteiger partial charge in [0.2, 0.25) is 0 Å². The van der Waals surface area contributed by atoms with Crippen LogP contribution in [0.4, 0.5) is 4.39 Å². The monoisotopic (exact) mass is 366 g/mol. The van der Waals surface area contributed by atoms with E-state index in [2.05, 4.69) is 0 Å². The molecule has 0 saturated heterocycles. The molecular weight excluding hydrogens is 351 g/mol. The maximum absolute atomic E-state index is 13.2. The van der Waals surface area contributed by atoms with E-state index in [1.54, 1.807) is 34.2 Å². The first-order valence-corrected chi connectivity index (χ1v) is 8.97. The maximum atomic E-state index is 13.2. The van der Waals surface area contributed by atoms with Gasteiger partial charge in [-0.3, -0.25) is 9.36 Å². The number of rotatable bonds is 3. The van der Waals surface area contributed by atoms with Crippen molar-refractivity contribution in [3.05, 3.63) is 97.8 Å². The van der Waals surface area contributed by atoms with E-state index in [0.717, 1.165) is 11.1 Å². The minimum atomic E-state index is -0.407. The van der Waals surface area contributed by atoms with Crippen molar-refractivity contribution in [2.75, 3.05) is 0 Å². The molecule has 0 aliphatic heterocycles. The second kappa shape index (κ2) is 6.38. The lowest BCUT2D eigenvalue weighted by molar-refractivity contribution is 0.625. The molecule has 0 saturated carbocycles. The van der Waals surface area contributed by atoms with E-state index < -0.39 is 5.69 Å². The van der Waals surface area contributed by atoms with Crippen LogP contribution in [0.1, 0.15) is 11.1 Å². The van der Waals surface area contributed by atoms with Gasteiger partial charge < -0.3 is 0 Å². The molecule has 0 radical (unpaired) electrons. The van der Waals surface area contributed by atoms with Crippen LogP contribution in [0.3, 0.4) is 0 Å². The third-order valence-electron chi connectivity index (χ3n) is 4.27. The SMILES string of the molecule is Cc1cccc(-n2c(=O)c3sccc3n(Cc3ccc(F)cc3)c2=O)c1. The Morgan fingerprint density at radius 1 is 1.04 bits per heavy atom. The summed E-state index contributed by atoms with van der Waals surface area (Å²) in [6.45, 7) is 2.17. The van der Waals surface area contributed by atoms with E-state index in [0.29, 0.717) is 15.9 Å². The van der Waals surface area contributed by atoms with Gasteiger partial charge in [0.15, 0.2) is 0 Å². The Balaban J connectivity index is 1.98. The molecule has 0 bridgehead atoms. The number of halogens is 1. The summed E-state index contributed by atoms with van der Waals surface area (Å²) in [5.41, 5.74) is 2.17. The summed E-state index contributed by atoms with van der Waals surface area (Å²) in [7, 11) is 0. The van der Waals surface area contributed by atoms with Gasteiger partial charge in [0.1, 0.15) is 10.5 Å². The van der Waals surface area contributed by atoms with E-state index >= 15 is 0 Å². The average Bonchev–Trinajstić information content (AvgIpc) is 3.10. The summed E-state index contributed by atoms with van der Waals surface area (Å²) < 4.78 is 16.5. The fourth-order valence-electron chi connectivity index (χ4n) is 3.01. The van der Waals surface area contributed by atoms with Crippen LogP contribution in [0, 0.1) is 12.7 Å². The molecule has 26 heavy (non-hydrogen) atoms. The Morgan fingerprint density at radius 2 is 1.81 bits per heavy atom. The molecule has 2 heterocycles. The molecule has 0 spiro atoms. The molecule has 130 valence electrons. The Hall–Kier alpha value is -2.99. The average molecular weight is 366 g/mol. The number of aryl methyl sites for hydroxylation is 1. The highest BCUT2D eigenvalue weighted by Crippen LogP contribution is 2.18. The Bertz CT molecular complexity index is 1220. The molecule has 0 aliphatic carbocycles. The van der Waals surface area contributed by atoms with E-state index in [9.17, 15) is 14.0 Å². The highest BCUT2D eigenvalue weighted by Gasteiger charge is 2.16. The number of hydrogen-bond donors (Lipinski definition) is 0. The fourth-order valence-corrected chi connectivity index (χ4v) is 3.83. The van der Waals surface area contributed by atoms with Crippen molar-refractivity contribution in [1.29, 1.82) is 0 Å². The van der Waals surface area contributed by atoms with Gasteiger partial charge in [-0.2, -0.15) is 0 Å². The van der Waals surface area contributed by atoms with Gasteiger partial charge in [-0.15, -0.1) is 11.3 Å². The number of benzene rings is 2. The first-order chi connectivity index (χ1) is 12.5. The fraction of sp³-hybridized carbons (Fsp3) is 0.100. The third kappa shape index (κ3) is 2.78. The number of nitrogens with zero attached hydrogens (tertiary/aromatic N) is 2. The summed E-state index contributed by atoms with van der Waals surface area (Å²) in [6.07, 6.45) is 0. The predicted octanol–water partition coefficient (Wildman–Crippen LogP) is 3.71. The summed E-state index contributed by atoms with van der Waals surface area (Å²) in [6, 6.07) is 15.1. The van der Waals surface area contributed by atoms with Crippen molar-refractivity contribution in [1.82, 2.24) is 9.13 Å². The van der Waals surface area contributed by atoms with Crippen LogP contribution >= 0.6 is 11.3 Å². The van der Waals surface area contributed by atoms with Crippen LogP contribution in [0.2, 0.25) is 0 Å². The molecule has 4 nitrogen and oxygen atoms in total. The van der Waals surface area contributed by atoms with Gasteiger partial charge in [0.05, 0.1) is 17.7 Å². The zero-order chi connectivity index (χ0) is 18.3. The normalized spacial score (nSPS) is 11.2. The van der Waals surface area contributed by atoms with Crippen LogP contribution in [0.25, 0.3) is 15.9 Å². The molecule has 0 atom stereocenters. The molecule has 2 aromatic heterocycles. The molecule has 4 rings (SSSR count). The van der Waals surface area contributed by atoms with Crippen molar-refractivity contribution in [3.63, 3.8) is 0 Å². The first-order valence-electron chi connectivity index (χ1n) is 8.09. The topological polar surface area (TPSA) is 44.0 Å². The summed E-state index contributed by atoms with van der Waals surface area (Å²) in [5.74, 6) is -0.327. The van der Waals surface area contributed by atoms with Crippen molar-refractivity contribution in [2.24, 2.45) is 0 Å². The van der Waals surface area contributed by atoms with Crippen molar-refractivity contribution in [3.8, 4) is 5.69 Å². The Labute approximate surface area is 152 Å². The van der Waals surface area contributed by atoms with Gasteiger partial charge in [0, 0.05) is 0 Å². The van der Waals surface area contributed by atoms with Gasteiger partial charge in [-0.25, -0.2) is 13.8 Å². The quantitative estimate of drug-likeness (QED) is 0.555. The Morgan fingerprint density at radius 3 is 2.54 bits per heavy atom. The minimum absolute atomic E-state index is 0.262. The number of hydrogen-bond acceptors (Lipinski definition) is 3. The smallest absolute Gasteiger partial charge is 0.288 e. The molecule has 6 heteroatoms. The molecule has 2 aromatic carbocycles. The zero-order valence-electron chi connectivity index (χ0n) is 14.0. The minimum Gasteiger partial charge on any atom is -0.288 e. The molecular formula is C20H15FN2O2S. The van der Waals surface area contributed by atoms with Crippen LogP contribution in [-0.2, 0) is 6.54 Å². The summed E-state index contributed by atoms with van der Waals surface area (Å²) in [5, 5.41) is 1.80. The molecule has 0 unspecified atom stereocenters.